The molecule has 3 heterocycles. The van der Waals surface area contributed by atoms with E-state index in [4.69, 9.17) is 23.7 Å². The van der Waals surface area contributed by atoms with Gasteiger partial charge < -0.3 is 23.7 Å². The quantitative estimate of drug-likeness (QED) is 0.811. The van der Waals surface area contributed by atoms with Crippen molar-refractivity contribution in [1.82, 2.24) is 4.90 Å². The van der Waals surface area contributed by atoms with E-state index in [2.05, 4.69) is 30.1 Å². The molecule has 0 N–H and O–H groups in total. The summed E-state index contributed by atoms with van der Waals surface area (Å²) < 4.78 is 28.8. The Kier molecular flexibility index (Phi) is 3.74. The molecule has 2 aromatic carbocycles. The minimum absolute atomic E-state index is 0.280. The molecule has 3 aliphatic heterocycles. The van der Waals surface area contributed by atoms with E-state index in [0.29, 0.717) is 6.61 Å². The lowest BCUT2D eigenvalue weighted by Gasteiger charge is -2.48. The molecule has 142 valence electrons. The molecular weight excluding hydrogens is 346 g/mol. The Morgan fingerprint density at radius 2 is 1.85 bits per heavy atom. The van der Waals surface area contributed by atoms with E-state index in [9.17, 15) is 0 Å². The van der Waals surface area contributed by atoms with Gasteiger partial charge in [-0.15, -0.1) is 0 Å². The van der Waals surface area contributed by atoms with Crippen molar-refractivity contribution in [3.63, 3.8) is 0 Å². The van der Waals surface area contributed by atoms with Crippen LogP contribution in [0.25, 0.3) is 0 Å². The first-order chi connectivity index (χ1) is 13.2. The lowest BCUT2D eigenvalue weighted by atomic mass is 9.82. The Balaban J connectivity index is 1.63. The Morgan fingerprint density at radius 3 is 2.63 bits per heavy atom. The summed E-state index contributed by atoms with van der Waals surface area (Å²) in [4.78, 5) is 2.30. The number of hydrogen-bond donors (Lipinski definition) is 0. The third-order valence-corrected chi connectivity index (χ3v) is 5.98. The summed E-state index contributed by atoms with van der Waals surface area (Å²) in [7, 11) is 5.45. The highest BCUT2D eigenvalue weighted by Gasteiger charge is 2.46. The molecule has 0 saturated carbocycles. The minimum Gasteiger partial charge on any atom is -0.493 e. The fraction of sp³-hybridized carbons (Fsp3) is 0.429. The average Bonchev–Trinajstić information content (AvgIpc) is 3.16. The number of hydrogen-bond acceptors (Lipinski definition) is 6. The van der Waals surface area contributed by atoms with Crippen LogP contribution in [-0.4, -0.2) is 39.5 Å². The molecule has 6 heteroatoms. The number of nitrogens with zero attached hydrogens (tertiary/aromatic N) is 1. The zero-order chi connectivity index (χ0) is 18.6. The van der Waals surface area contributed by atoms with Gasteiger partial charge in [0.15, 0.2) is 28.7 Å². The topological polar surface area (TPSA) is 49.4 Å². The maximum Gasteiger partial charge on any atom is 0.231 e. The van der Waals surface area contributed by atoms with Gasteiger partial charge in [0.2, 0.25) is 6.79 Å². The second-order valence-corrected chi connectivity index (χ2v) is 7.22. The van der Waals surface area contributed by atoms with Gasteiger partial charge in [-0.3, -0.25) is 4.90 Å². The van der Waals surface area contributed by atoms with Gasteiger partial charge in [-0.25, -0.2) is 0 Å². The van der Waals surface area contributed by atoms with Gasteiger partial charge in [-0.2, -0.15) is 0 Å². The molecule has 0 fully saturated rings. The van der Waals surface area contributed by atoms with Gasteiger partial charge >= 0.3 is 0 Å². The largest absolute Gasteiger partial charge is 0.493 e. The van der Waals surface area contributed by atoms with Gasteiger partial charge in [-0.05, 0) is 42.8 Å². The van der Waals surface area contributed by atoms with E-state index in [1.807, 2.05) is 6.07 Å². The van der Waals surface area contributed by atoms with E-state index < -0.39 is 5.72 Å². The standard InChI is InChI=1S/C21H23NO5/c1-22-7-6-13-8-18-19(26-12-25-18)9-16(13)21(22)10-14-4-5-17(23-2)20(24-3)15(14)11-27-21/h4-5,8-9H,6-7,10-12H2,1-3H3. The van der Waals surface area contributed by atoms with E-state index in [1.165, 1.54) is 16.7 Å². The molecule has 0 amide bonds. The van der Waals surface area contributed by atoms with Crippen LogP contribution in [0.4, 0.5) is 0 Å². The normalized spacial score (nSPS) is 23.1. The minimum atomic E-state index is -0.513. The van der Waals surface area contributed by atoms with E-state index >= 15 is 0 Å². The third kappa shape index (κ3) is 2.33. The predicted molar refractivity (Wildman–Crippen MR) is 98.6 cm³/mol. The number of methoxy groups -OCH3 is 2. The average molecular weight is 369 g/mol. The molecule has 1 unspecified atom stereocenters. The number of likely N-dealkylation sites (N-methyl/N-ethyl adjacent to an activating group) is 1. The molecule has 0 aromatic heterocycles. The van der Waals surface area contributed by atoms with Gasteiger partial charge in [0.1, 0.15) is 0 Å². The highest BCUT2D eigenvalue weighted by Crippen LogP contribution is 2.49. The summed E-state index contributed by atoms with van der Waals surface area (Å²) in [6.07, 6.45) is 1.71. The molecule has 3 aliphatic rings. The van der Waals surface area contributed by atoms with Crippen LogP contribution < -0.4 is 18.9 Å². The van der Waals surface area contributed by atoms with Crippen molar-refractivity contribution in [1.29, 1.82) is 0 Å². The monoisotopic (exact) mass is 369 g/mol. The molecular formula is C21H23NO5. The van der Waals surface area contributed by atoms with Crippen LogP contribution in [0.15, 0.2) is 24.3 Å². The second-order valence-electron chi connectivity index (χ2n) is 7.22. The van der Waals surface area contributed by atoms with Crippen LogP contribution in [0.3, 0.4) is 0 Å². The molecule has 2 aromatic rings. The first-order valence-electron chi connectivity index (χ1n) is 9.17. The van der Waals surface area contributed by atoms with Gasteiger partial charge in [0.25, 0.3) is 0 Å². The van der Waals surface area contributed by atoms with Crippen LogP contribution in [-0.2, 0) is 29.9 Å². The van der Waals surface area contributed by atoms with Crippen molar-refractivity contribution in [3.05, 3.63) is 46.5 Å². The fourth-order valence-electron chi connectivity index (χ4n) is 4.50. The summed E-state index contributed by atoms with van der Waals surface area (Å²) in [5, 5.41) is 0. The van der Waals surface area contributed by atoms with Gasteiger partial charge in [0.05, 0.1) is 20.8 Å². The van der Waals surface area contributed by atoms with Crippen LogP contribution in [0.1, 0.15) is 22.3 Å². The maximum atomic E-state index is 6.57. The fourth-order valence-corrected chi connectivity index (χ4v) is 4.50. The van der Waals surface area contributed by atoms with Crippen molar-refractivity contribution in [2.75, 3.05) is 34.6 Å². The lowest BCUT2D eigenvalue weighted by molar-refractivity contribution is -0.177. The molecule has 27 heavy (non-hydrogen) atoms. The summed E-state index contributed by atoms with van der Waals surface area (Å²) in [6.45, 7) is 1.67. The van der Waals surface area contributed by atoms with Crippen LogP contribution in [0.5, 0.6) is 23.0 Å². The summed E-state index contributed by atoms with van der Waals surface area (Å²) in [6, 6.07) is 8.30. The molecule has 0 aliphatic carbocycles. The highest BCUT2D eigenvalue weighted by molar-refractivity contribution is 5.55. The molecule has 6 nitrogen and oxygen atoms in total. The lowest BCUT2D eigenvalue weighted by Crippen LogP contribution is -2.53. The Morgan fingerprint density at radius 1 is 1.04 bits per heavy atom. The number of rotatable bonds is 2. The van der Waals surface area contributed by atoms with Crippen molar-refractivity contribution in [2.24, 2.45) is 0 Å². The van der Waals surface area contributed by atoms with E-state index in [1.54, 1.807) is 14.2 Å². The highest BCUT2D eigenvalue weighted by atomic mass is 16.7. The SMILES string of the molecule is COc1ccc2c(c1OC)COC1(C2)c2cc3c(cc2CCN1C)OCO3. The van der Waals surface area contributed by atoms with Crippen molar-refractivity contribution in [2.45, 2.75) is 25.2 Å². The summed E-state index contributed by atoms with van der Waals surface area (Å²) in [5.74, 6) is 3.12. The first-order valence-corrected chi connectivity index (χ1v) is 9.17. The van der Waals surface area contributed by atoms with Gasteiger partial charge in [-0.1, -0.05) is 6.07 Å². The van der Waals surface area contributed by atoms with Crippen molar-refractivity contribution >= 4 is 0 Å². The zero-order valence-corrected chi connectivity index (χ0v) is 15.8. The molecule has 0 saturated heterocycles. The van der Waals surface area contributed by atoms with Crippen molar-refractivity contribution < 1.29 is 23.7 Å². The maximum absolute atomic E-state index is 6.57. The van der Waals surface area contributed by atoms with Crippen LogP contribution >= 0.6 is 0 Å². The van der Waals surface area contributed by atoms with Crippen LogP contribution in [0.2, 0.25) is 0 Å². The number of ether oxygens (including phenoxy) is 5. The molecule has 1 atom stereocenters. The molecule has 0 radical (unpaired) electrons. The Hall–Kier alpha value is -2.44. The summed E-state index contributed by atoms with van der Waals surface area (Å²) in [5.41, 5.74) is 4.20. The van der Waals surface area contributed by atoms with Crippen LogP contribution in [0, 0.1) is 0 Å². The summed E-state index contributed by atoms with van der Waals surface area (Å²) >= 11 is 0. The smallest absolute Gasteiger partial charge is 0.231 e. The number of fused-ring (bicyclic) bond motifs is 4. The van der Waals surface area contributed by atoms with E-state index in [0.717, 1.165) is 47.9 Å². The Bertz CT molecular complexity index is 912. The van der Waals surface area contributed by atoms with E-state index in [-0.39, 0.29) is 6.79 Å². The molecule has 1 spiro atoms. The zero-order valence-electron chi connectivity index (χ0n) is 15.8. The first kappa shape index (κ1) is 16.7. The Labute approximate surface area is 158 Å². The second kappa shape index (κ2) is 6.04. The van der Waals surface area contributed by atoms with Gasteiger partial charge in [0, 0.05) is 24.1 Å². The third-order valence-electron chi connectivity index (χ3n) is 5.98. The van der Waals surface area contributed by atoms with Crippen molar-refractivity contribution in [3.8, 4) is 23.0 Å². The molecule has 5 rings (SSSR count). The molecule has 0 bridgehead atoms. The predicted octanol–water partition coefficient (Wildman–Crippen LogP) is 2.85. The number of benzene rings is 2.